The van der Waals surface area contributed by atoms with E-state index in [0.29, 0.717) is 6.61 Å². The first-order valence-electron chi connectivity index (χ1n) is 6.35. The second-order valence-corrected chi connectivity index (χ2v) is 4.69. The molecule has 0 saturated carbocycles. The zero-order valence-electron chi connectivity index (χ0n) is 11.8. The highest BCUT2D eigenvalue weighted by Crippen LogP contribution is 2.16. The van der Waals surface area contributed by atoms with Crippen molar-refractivity contribution in [2.45, 2.75) is 20.0 Å². The molecule has 0 unspecified atom stereocenters. The maximum Gasteiger partial charge on any atom is 0.159 e. The molecule has 2 aromatic carbocycles. The average Bonchev–Trinajstić information content (AvgIpc) is 2.40. The van der Waals surface area contributed by atoms with Gasteiger partial charge >= 0.3 is 0 Å². The molecular weight excluding hydrogens is 252 g/mol. The summed E-state index contributed by atoms with van der Waals surface area (Å²) in [5, 5.41) is 0. The molecule has 2 aromatic rings. The van der Waals surface area contributed by atoms with Crippen molar-refractivity contribution in [1.82, 2.24) is 0 Å². The molecular formula is C17H20O3. The van der Waals surface area contributed by atoms with E-state index in [0.717, 1.165) is 23.1 Å². The van der Waals surface area contributed by atoms with Gasteiger partial charge in [0.2, 0.25) is 0 Å². The zero-order chi connectivity index (χ0) is 13.7. The van der Waals surface area contributed by atoms with Crippen LogP contribution >= 0.6 is 0 Å². The maximum atomic E-state index is 11.6. The summed E-state index contributed by atoms with van der Waals surface area (Å²) in [4.78, 5) is 11.6. The Bertz CT molecular complexity index is 562. The first kappa shape index (κ1) is 16.1. The molecule has 0 amide bonds. The topological polar surface area (TPSA) is 57.8 Å². The van der Waals surface area contributed by atoms with E-state index in [4.69, 9.17) is 4.74 Å². The summed E-state index contributed by atoms with van der Waals surface area (Å²) in [6.45, 7) is 2.13. The number of rotatable bonds is 5. The number of hydrogen-bond acceptors (Lipinski definition) is 2. The number of ketones is 1. The molecule has 106 valence electrons. The Labute approximate surface area is 119 Å². The summed E-state index contributed by atoms with van der Waals surface area (Å²) in [7, 11) is 1.66. The lowest BCUT2D eigenvalue weighted by molar-refractivity contribution is 0.101. The summed E-state index contributed by atoms with van der Waals surface area (Å²) in [5.74, 6) is 0.0901. The van der Waals surface area contributed by atoms with Gasteiger partial charge in [0.05, 0.1) is 6.61 Å². The highest BCUT2D eigenvalue weighted by atomic mass is 16.5. The monoisotopic (exact) mass is 272 g/mol. The Hall–Kier alpha value is -1.97. The highest BCUT2D eigenvalue weighted by molar-refractivity contribution is 5.94. The van der Waals surface area contributed by atoms with E-state index in [1.54, 1.807) is 14.0 Å². The van der Waals surface area contributed by atoms with Crippen molar-refractivity contribution in [3.05, 3.63) is 70.8 Å². The standard InChI is InChI=1S/C17H18O2.H2O/c1-13(18)17-10-15(9-16(11-17)12-19-2)8-14-6-4-3-5-7-14;/h3-7,9-11H,8,12H2,1-2H3;1H2. The van der Waals surface area contributed by atoms with Gasteiger partial charge in [-0.3, -0.25) is 4.79 Å². The minimum absolute atomic E-state index is 0. The van der Waals surface area contributed by atoms with Crippen LogP contribution in [0.1, 0.15) is 34.0 Å². The molecule has 3 heteroatoms. The van der Waals surface area contributed by atoms with Crippen LogP contribution < -0.4 is 0 Å². The fourth-order valence-corrected chi connectivity index (χ4v) is 2.15. The van der Waals surface area contributed by atoms with Crippen LogP contribution in [0, 0.1) is 0 Å². The number of carbonyl (C=O) groups is 1. The van der Waals surface area contributed by atoms with Gasteiger partial charge < -0.3 is 10.2 Å². The lowest BCUT2D eigenvalue weighted by atomic mass is 9.98. The molecule has 0 aliphatic carbocycles. The van der Waals surface area contributed by atoms with Crippen molar-refractivity contribution in [1.29, 1.82) is 0 Å². The molecule has 0 saturated heterocycles. The van der Waals surface area contributed by atoms with Crippen LogP contribution in [0.25, 0.3) is 0 Å². The Kier molecular flexibility index (Phi) is 6.10. The zero-order valence-corrected chi connectivity index (χ0v) is 11.8. The van der Waals surface area contributed by atoms with Gasteiger partial charge in [-0.05, 0) is 42.2 Å². The first-order valence-corrected chi connectivity index (χ1v) is 6.35. The molecule has 0 atom stereocenters. The van der Waals surface area contributed by atoms with Gasteiger partial charge in [-0.1, -0.05) is 36.4 Å². The van der Waals surface area contributed by atoms with Crippen LogP contribution in [-0.2, 0) is 17.8 Å². The van der Waals surface area contributed by atoms with E-state index in [-0.39, 0.29) is 11.3 Å². The second-order valence-electron chi connectivity index (χ2n) is 4.69. The molecule has 0 aliphatic heterocycles. The number of Topliss-reactive ketones (excluding diaryl/α,β-unsaturated/α-hetero) is 1. The third-order valence-electron chi connectivity index (χ3n) is 3.02. The summed E-state index contributed by atoms with van der Waals surface area (Å²) < 4.78 is 5.16. The molecule has 0 heterocycles. The minimum atomic E-state index is 0. The lowest BCUT2D eigenvalue weighted by Gasteiger charge is -2.08. The van der Waals surface area contributed by atoms with E-state index in [1.165, 1.54) is 5.56 Å². The third-order valence-corrected chi connectivity index (χ3v) is 3.02. The van der Waals surface area contributed by atoms with Crippen LogP contribution in [0.15, 0.2) is 48.5 Å². The van der Waals surface area contributed by atoms with Gasteiger partial charge in [-0.15, -0.1) is 0 Å². The molecule has 3 nitrogen and oxygen atoms in total. The molecule has 0 spiro atoms. The predicted molar refractivity (Wildman–Crippen MR) is 80.0 cm³/mol. The van der Waals surface area contributed by atoms with Crippen molar-refractivity contribution in [3.63, 3.8) is 0 Å². The van der Waals surface area contributed by atoms with Crippen molar-refractivity contribution in [3.8, 4) is 0 Å². The lowest BCUT2D eigenvalue weighted by Crippen LogP contribution is -1.99. The SMILES string of the molecule is COCc1cc(Cc2ccccc2)cc(C(C)=O)c1.O. The van der Waals surface area contributed by atoms with Gasteiger partial charge in [0.25, 0.3) is 0 Å². The normalized spacial score (nSPS) is 9.90. The second kappa shape index (κ2) is 7.58. The van der Waals surface area contributed by atoms with Crippen LogP contribution in [0.2, 0.25) is 0 Å². The first-order chi connectivity index (χ1) is 9.19. The fraction of sp³-hybridized carbons (Fsp3) is 0.235. The number of methoxy groups -OCH3 is 1. The maximum absolute atomic E-state index is 11.6. The van der Waals surface area contributed by atoms with Crippen molar-refractivity contribution in [2.24, 2.45) is 0 Å². The molecule has 2 rings (SSSR count). The number of hydrogen-bond donors (Lipinski definition) is 0. The third kappa shape index (κ3) is 4.30. The number of benzene rings is 2. The van der Waals surface area contributed by atoms with Crippen LogP contribution in [0.4, 0.5) is 0 Å². The van der Waals surface area contributed by atoms with Crippen molar-refractivity contribution >= 4 is 5.78 Å². The molecule has 0 fully saturated rings. The van der Waals surface area contributed by atoms with E-state index < -0.39 is 0 Å². The summed E-state index contributed by atoms with van der Waals surface area (Å²) in [5.41, 5.74) is 4.18. The Morgan fingerprint density at radius 2 is 1.65 bits per heavy atom. The van der Waals surface area contributed by atoms with Gasteiger partial charge in [0, 0.05) is 12.7 Å². The van der Waals surface area contributed by atoms with E-state index in [1.807, 2.05) is 30.3 Å². The molecule has 20 heavy (non-hydrogen) atoms. The predicted octanol–water partition coefficient (Wildman–Crippen LogP) is 2.80. The Morgan fingerprint density at radius 1 is 1.00 bits per heavy atom. The van der Waals surface area contributed by atoms with Crippen molar-refractivity contribution < 1.29 is 15.0 Å². The summed E-state index contributed by atoms with van der Waals surface area (Å²) in [6.07, 6.45) is 0.832. The van der Waals surface area contributed by atoms with Gasteiger partial charge in [0.15, 0.2) is 5.78 Å². The van der Waals surface area contributed by atoms with Crippen LogP contribution in [0.5, 0.6) is 0 Å². The molecule has 0 bridgehead atoms. The molecule has 2 N–H and O–H groups in total. The Balaban J connectivity index is 0.00000200. The molecule has 0 aromatic heterocycles. The summed E-state index contributed by atoms with van der Waals surface area (Å²) in [6, 6.07) is 16.2. The van der Waals surface area contributed by atoms with E-state index in [9.17, 15) is 4.79 Å². The highest BCUT2D eigenvalue weighted by Gasteiger charge is 2.05. The Morgan fingerprint density at radius 3 is 2.25 bits per heavy atom. The van der Waals surface area contributed by atoms with Crippen LogP contribution in [-0.4, -0.2) is 18.4 Å². The largest absolute Gasteiger partial charge is 0.412 e. The number of ether oxygens (including phenoxy) is 1. The van der Waals surface area contributed by atoms with Crippen molar-refractivity contribution in [2.75, 3.05) is 7.11 Å². The van der Waals surface area contributed by atoms with Gasteiger partial charge in [-0.25, -0.2) is 0 Å². The van der Waals surface area contributed by atoms with Crippen LogP contribution in [0.3, 0.4) is 0 Å². The molecule has 0 radical (unpaired) electrons. The quantitative estimate of drug-likeness (QED) is 0.786. The number of carbonyl (C=O) groups excluding carboxylic acids is 1. The average molecular weight is 272 g/mol. The summed E-state index contributed by atoms with van der Waals surface area (Å²) >= 11 is 0. The van der Waals surface area contributed by atoms with Gasteiger partial charge in [-0.2, -0.15) is 0 Å². The van der Waals surface area contributed by atoms with E-state index >= 15 is 0 Å². The molecule has 0 aliphatic rings. The smallest absolute Gasteiger partial charge is 0.159 e. The van der Waals surface area contributed by atoms with Gasteiger partial charge in [0.1, 0.15) is 0 Å². The fourth-order valence-electron chi connectivity index (χ4n) is 2.15. The van der Waals surface area contributed by atoms with E-state index in [2.05, 4.69) is 18.2 Å². The minimum Gasteiger partial charge on any atom is -0.412 e.